The van der Waals surface area contributed by atoms with E-state index in [1.165, 1.54) is 0 Å². The monoisotopic (exact) mass is 234 g/mol. The van der Waals surface area contributed by atoms with Crippen LogP contribution in [0.4, 0.5) is 0 Å². The maximum atomic E-state index is 10.5. The first-order chi connectivity index (χ1) is 6.54. The van der Waals surface area contributed by atoms with Crippen molar-refractivity contribution in [3.63, 3.8) is 0 Å². The van der Waals surface area contributed by atoms with Crippen molar-refractivity contribution in [2.75, 3.05) is 0 Å². The highest BCUT2D eigenvalue weighted by atomic mass is 35.5. The predicted molar refractivity (Wildman–Crippen MR) is 52.8 cm³/mol. The van der Waals surface area contributed by atoms with Crippen LogP contribution in [0.5, 0.6) is 0 Å². The summed E-state index contributed by atoms with van der Waals surface area (Å²) < 4.78 is 0. The minimum absolute atomic E-state index is 0.115. The van der Waals surface area contributed by atoms with E-state index in [0.717, 1.165) is 0 Å². The molecule has 0 saturated heterocycles. The molecule has 1 aromatic rings. The lowest BCUT2D eigenvalue weighted by atomic mass is 10.2. The van der Waals surface area contributed by atoms with Crippen LogP contribution in [0.15, 0.2) is 0 Å². The number of carboxylic acid groups (broad SMARTS) is 1. The molecule has 6 heteroatoms. The van der Waals surface area contributed by atoms with Gasteiger partial charge in [-0.2, -0.15) is 0 Å². The lowest BCUT2D eigenvalue weighted by Crippen LogP contribution is -2.05. The van der Waals surface area contributed by atoms with Crippen LogP contribution in [0.1, 0.15) is 18.3 Å². The van der Waals surface area contributed by atoms with E-state index in [2.05, 4.69) is 9.97 Å². The van der Waals surface area contributed by atoms with Gasteiger partial charge in [0.05, 0.1) is 6.42 Å². The molecule has 0 unspecified atom stereocenters. The van der Waals surface area contributed by atoms with E-state index in [1.807, 2.05) is 6.92 Å². The Bertz CT molecular complexity index is 345. The summed E-state index contributed by atoms with van der Waals surface area (Å²) >= 11 is 11.5. The van der Waals surface area contributed by atoms with Gasteiger partial charge >= 0.3 is 5.97 Å². The number of aliphatic carboxylic acids is 1. The summed E-state index contributed by atoms with van der Waals surface area (Å²) in [5.74, 6) is -0.504. The molecule has 0 aromatic carbocycles. The zero-order chi connectivity index (χ0) is 10.7. The maximum absolute atomic E-state index is 10.5. The maximum Gasteiger partial charge on any atom is 0.308 e. The second-order valence-corrected chi connectivity index (χ2v) is 3.34. The van der Waals surface area contributed by atoms with Crippen LogP contribution in [0, 0.1) is 0 Å². The third-order valence-corrected chi connectivity index (χ3v) is 2.22. The van der Waals surface area contributed by atoms with Gasteiger partial charge in [-0.25, -0.2) is 9.97 Å². The van der Waals surface area contributed by atoms with E-state index in [0.29, 0.717) is 12.2 Å². The average Bonchev–Trinajstić information content (AvgIpc) is 2.10. The molecule has 14 heavy (non-hydrogen) atoms. The Labute approximate surface area is 90.9 Å². The second-order valence-electron chi connectivity index (χ2n) is 2.62. The molecule has 0 radical (unpaired) electrons. The fourth-order valence-electron chi connectivity index (χ4n) is 0.927. The normalized spacial score (nSPS) is 10.2. The summed E-state index contributed by atoms with van der Waals surface area (Å²) in [6, 6.07) is 0. The Balaban J connectivity index is 3.11. The highest BCUT2D eigenvalue weighted by molar-refractivity contribution is 6.34. The molecule has 0 aliphatic rings. The smallest absolute Gasteiger partial charge is 0.308 e. The molecular formula is C8H8Cl2N2O2. The number of hydrogen-bond acceptors (Lipinski definition) is 3. The number of carbonyl (C=O) groups is 1. The molecule has 0 amide bonds. The largest absolute Gasteiger partial charge is 0.481 e. The number of aromatic nitrogens is 2. The molecule has 76 valence electrons. The van der Waals surface area contributed by atoms with Crippen molar-refractivity contribution in [1.82, 2.24) is 9.97 Å². The molecule has 0 fully saturated rings. The third kappa shape index (κ3) is 2.56. The highest BCUT2D eigenvalue weighted by Gasteiger charge is 2.13. The molecule has 4 nitrogen and oxygen atoms in total. The summed E-state index contributed by atoms with van der Waals surface area (Å²) in [7, 11) is 0. The van der Waals surface area contributed by atoms with Crippen LogP contribution in [0.3, 0.4) is 0 Å². The highest BCUT2D eigenvalue weighted by Crippen LogP contribution is 2.21. The summed E-state index contributed by atoms with van der Waals surface area (Å²) in [5, 5.41) is 8.80. The Hall–Kier alpha value is -0.870. The van der Waals surface area contributed by atoms with Gasteiger partial charge in [0.1, 0.15) is 16.1 Å². The number of hydrogen-bond donors (Lipinski definition) is 1. The lowest BCUT2D eigenvalue weighted by Gasteiger charge is -2.04. The Morgan fingerprint density at radius 1 is 1.36 bits per heavy atom. The summed E-state index contributed by atoms with van der Waals surface area (Å²) in [6.45, 7) is 1.86. The van der Waals surface area contributed by atoms with Gasteiger partial charge in [-0.3, -0.25) is 4.79 Å². The molecule has 0 spiro atoms. The number of aryl methyl sites for hydroxylation is 1. The number of halogens is 2. The minimum atomic E-state index is -1.01. The van der Waals surface area contributed by atoms with Crippen molar-refractivity contribution in [3.05, 3.63) is 21.7 Å². The zero-order valence-electron chi connectivity index (χ0n) is 7.42. The van der Waals surface area contributed by atoms with Gasteiger partial charge in [0, 0.05) is 12.0 Å². The first-order valence-electron chi connectivity index (χ1n) is 3.97. The third-order valence-electron chi connectivity index (χ3n) is 1.60. The van der Waals surface area contributed by atoms with Crippen molar-refractivity contribution < 1.29 is 9.90 Å². The van der Waals surface area contributed by atoms with E-state index in [-0.39, 0.29) is 22.3 Å². The molecule has 0 aliphatic heterocycles. The van der Waals surface area contributed by atoms with Crippen LogP contribution in [0.25, 0.3) is 0 Å². The molecule has 0 bridgehead atoms. The Morgan fingerprint density at radius 2 is 1.86 bits per heavy atom. The Morgan fingerprint density at radius 3 is 2.21 bits per heavy atom. The van der Waals surface area contributed by atoms with Gasteiger partial charge in [-0.1, -0.05) is 30.1 Å². The molecular weight excluding hydrogens is 227 g/mol. The fourth-order valence-corrected chi connectivity index (χ4v) is 1.48. The van der Waals surface area contributed by atoms with Crippen LogP contribution in [-0.2, 0) is 17.6 Å². The number of nitrogens with zero attached hydrogens (tertiary/aromatic N) is 2. The summed E-state index contributed by atoms with van der Waals surface area (Å²) in [5.41, 5.74) is 0.262. The second kappa shape index (κ2) is 4.57. The summed E-state index contributed by atoms with van der Waals surface area (Å²) in [4.78, 5) is 18.3. The predicted octanol–water partition coefficient (Wildman–Crippen LogP) is 1.97. The van der Waals surface area contributed by atoms with E-state index in [4.69, 9.17) is 28.3 Å². The standard InChI is InChI=1S/C8H8Cl2N2O2/c1-2-5-11-7(9)4(3-6(13)14)8(10)12-5/h2-3H2,1H3,(H,13,14). The van der Waals surface area contributed by atoms with Gasteiger partial charge in [0.25, 0.3) is 0 Å². The van der Waals surface area contributed by atoms with E-state index < -0.39 is 5.97 Å². The van der Waals surface area contributed by atoms with E-state index in [9.17, 15) is 4.79 Å². The number of carboxylic acids is 1. The SMILES string of the molecule is CCc1nc(Cl)c(CC(=O)O)c(Cl)n1. The van der Waals surface area contributed by atoms with Crippen LogP contribution >= 0.6 is 23.2 Å². The van der Waals surface area contributed by atoms with Crippen molar-refractivity contribution in [1.29, 1.82) is 0 Å². The van der Waals surface area contributed by atoms with E-state index >= 15 is 0 Å². The first kappa shape index (κ1) is 11.2. The van der Waals surface area contributed by atoms with Crippen molar-refractivity contribution >= 4 is 29.2 Å². The summed E-state index contributed by atoms with van der Waals surface area (Å²) in [6.07, 6.45) is 0.342. The zero-order valence-corrected chi connectivity index (χ0v) is 8.93. The lowest BCUT2D eigenvalue weighted by molar-refractivity contribution is -0.136. The quantitative estimate of drug-likeness (QED) is 0.813. The molecule has 1 heterocycles. The molecule has 0 atom stereocenters. The van der Waals surface area contributed by atoms with Crippen molar-refractivity contribution in [2.24, 2.45) is 0 Å². The van der Waals surface area contributed by atoms with Gasteiger partial charge in [0.2, 0.25) is 0 Å². The fraction of sp³-hybridized carbons (Fsp3) is 0.375. The topological polar surface area (TPSA) is 63.1 Å². The van der Waals surface area contributed by atoms with Crippen molar-refractivity contribution in [3.8, 4) is 0 Å². The molecule has 1 rings (SSSR count). The van der Waals surface area contributed by atoms with Crippen molar-refractivity contribution in [2.45, 2.75) is 19.8 Å². The van der Waals surface area contributed by atoms with Gasteiger partial charge in [0.15, 0.2) is 0 Å². The van der Waals surface area contributed by atoms with Gasteiger partial charge in [-0.15, -0.1) is 0 Å². The molecule has 0 aliphatic carbocycles. The Kier molecular flexibility index (Phi) is 3.66. The minimum Gasteiger partial charge on any atom is -0.481 e. The molecule has 1 N–H and O–H groups in total. The van der Waals surface area contributed by atoms with Gasteiger partial charge in [-0.05, 0) is 0 Å². The van der Waals surface area contributed by atoms with Crippen LogP contribution in [-0.4, -0.2) is 21.0 Å². The first-order valence-corrected chi connectivity index (χ1v) is 4.72. The van der Waals surface area contributed by atoms with Gasteiger partial charge < -0.3 is 5.11 Å². The average molecular weight is 235 g/mol. The van der Waals surface area contributed by atoms with E-state index in [1.54, 1.807) is 0 Å². The molecule has 0 saturated carbocycles. The molecule has 1 aromatic heterocycles. The number of rotatable bonds is 3. The van der Waals surface area contributed by atoms with Crippen LogP contribution < -0.4 is 0 Å². The van der Waals surface area contributed by atoms with Crippen LogP contribution in [0.2, 0.25) is 10.3 Å².